The number of hydrogen-bond donors (Lipinski definition) is 2. The molecule has 24 heavy (non-hydrogen) atoms. The Morgan fingerprint density at radius 3 is 2.67 bits per heavy atom. The molecule has 2 heterocycles. The highest BCUT2D eigenvalue weighted by molar-refractivity contribution is 6.36. The second-order valence-electron chi connectivity index (χ2n) is 5.58. The van der Waals surface area contributed by atoms with Crippen LogP contribution in [0.15, 0.2) is 29.7 Å². The van der Waals surface area contributed by atoms with Crippen LogP contribution in [0.4, 0.5) is 0 Å². The van der Waals surface area contributed by atoms with E-state index in [0.717, 1.165) is 30.5 Å². The quantitative estimate of drug-likeness (QED) is 0.849. The van der Waals surface area contributed by atoms with Crippen LogP contribution in [0.5, 0.6) is 5.88 Å². The molecule has 0 amide bonds. The maximum Gasteiger partial charge on any atom is 0.244 e. The zero-order valence-corrected chi connectivity index (χ0v) is 14.6. The van der Waals surface area contributed by atoms with Gasteiger partial charge in [-0.2, -0.15) is 5.26 Å². The van der Waals surface area contributed by atoms with E-state index in [1.807, 2.05) is 0 Å². The molecule has 0 spiro atoms. The SMILES string of the molecule is CCCCc1[nH]nc2c1C(c1c(Cl)cccc1Cl)C(C#N)=C(N)O2. The lowest BCUT2D eigenvalue weighted by Gasteiger charge is -2.25. The predicted molar refractivity (Wildman–Crippen MR) is 93.0 cm³/mol. The summed E-state index contributed by atoms with van der Waals surface area (Å²) >= 11 is 12.8. The third-order valence-electron chi connectivity index (χ3n) is 4.09. The van der Waals surface area contributed by atoms with Crippen LogP contribution in [0.2, 0.25) is 10.0 Å². The van der Waals surface area contributed by atoms with Gasteiger partial charge in [0.05, 0.1) is 11.5 Å². The number of allylic oxidation sites excluding steroid dienone is 1. The van der Waals surface area contributed by atoms with E-state index in [-0.39, 0.29) is 11.5 Å². The highest BCUT2D eigenvalue weighted by Gasteiger charge is 2.37. The number of fused-ring (bicyclic) bond motifs is 1. The molecule has 7 heteroatoms. The van der Waals surface area contributed by atoms with Gasteiger partial charge < -0.3 is 10.5 Å². The molecule has 0 radical (unpaired) electrons. The number of unbranched alkanes of at least 4 members (excludes halogenated alkanes) is 1. The van der Waals surface area contributed by atoms with Crippen LogP contribution in [-0.4, -0.2) is 10.2 Å². The summed E-state index contributed by atoms with van der Waals surface area (Å²) < 4.78 is 5.53. The summed E-state index contributed by atoms with van der Waals surface area (Å²) in [6.45, 7) is 2.11. The topological polar surface area (TPSA) is 87.7 Å². The molecule has 2 aromatic rings. The Morgan fingerprint density at radius 2 is 2.04 bits per heavy atom. The Kier molecular flexibility index (Phi) is 4.70. The minimum Gasteiger partial charge on any atom is -0.420 e. The number of nitrogens with two attached hydrogens (primary N) is 1. The van der Waals surface area contributed by atoms with E-state index < -0.39 is 5.92 Å². The lowest BCUT2D eigenvalue weighted by Crippen LogP contribution is -2.21. The van der Waals surface area contributed by atoms with Gasteiger partial charge in [0, 0.05) is 21.3 Å². The summed E-state index contributed by atoms with van der Waals surface area (Å²) in [7, 11) is 0. The highest BCUT2D eigenvalue weighted by atomic mass is 35.5. The molecule has 1 aromatic carbocycles. The van der Waals surface area contributed by atoms with Crippen molar-refractivity contribution in [2.75, 3.05) is 0 Å². The van der Waals surface area contributed by atoms with Crippen molar-refractivity contribution in [3.05, 3.63) is 56.5 Å². The average Bonchev–Trinajstić information content (AvgIpc) is 2.95. The van der Waals surface area contributed by atoms with Gasteiger partial charge in [-0.15, -0.1) is 5.10 Å². The van der Waals surface area contributed by atoms with Gasteiger partial charge in [0.1, 0.15) is 11.6 Å². The first-order valence-electron chi connectivity index (χ1n) is 7.67. The molecule has 3 N–H and O–H groups in total. The van der Waals surface area contributed by atoms with Gasteiger partial charge in [-0.3, -0.25) is 5.10 Å². The summed E-state index contributed by atoms with van der Waals surface area (Å²) in [5.41, 5.74) is 8.56. The van der Waals surface area contributed by atoms with Crippen molar-refractivity contribution in [2.24, 2.45) is 5.73 Å². The van der Waals surface area contributed by atoms with Gasteiger partial charge in [-0.1, -0.05) is 42.6 Å². The molecule has 1 unspecified atom stereocenters. The van der Waals surface area contributed by atoms with Crippen molar-refractivity contribution < 1.29 is 4.74 Å². The molecule has 0 bridgehead atoms. The van der Waals surface area contributed by atoms with E-state index in [2.05, 4.69) is 23.2 Å². The molecule has 124 valence electrons. The van der Waals surface area contributed by atoms with Crippen LogP contribution in [-0.2, 0) is 6.42 Å². The fourth-order valence-corrected chi connectivity index (χ4v) is 3.54. The van der Waals surface area contributed by atoms with E-state index in [4.69, 9.17) is 33.7 Å². The van der Waals surface area contributed by atoms with Crippen molar-refractivity contribution in [3.63, 3.8) is 0 Å². The number of H-pyrrole nitrogens is 1. The fourth-order valence-electron chi connectivity index (χ4n) is 2.93. The summed E-state index contributed by atoms with van der Waals surface area (Å²) in [5.74, 6) is -0.0938. The maximum absolute atomic E-state index is 9.62. The molecule has 0 fully saturated rings. The van der Waals surface area contributed by atoms with Crippen LogP contribution >= 0.6 is 23.2 Å². The summed E-state index contributed by atoms with van der Waals surface area (Å²) in [5, 5.41) is 17.8. The highest BCUT2D eigenvalue weighted by Crippen LogP contribution is 2.47. The second-order valence-corrected chi connectivity index (χ2v) is 6.40. The van der Waals surface area contributed by atoms with E-state index in [0.29, 0.717) is 21.5 Å². The largest absolute Gasteiger partial charge is 0.420 e. The Hall–Kier alpha value is -2.16. The van der Waals surface area contributed by atoms with Gasteiger partial charge in [0.2, 0.25) is 11.8 Å². The van der Waals surface area contributed by atoms with Crippen molar-refractivity contribution in [1.29, 1.82) is 5.26 Å². The Balaban J connectivity index is 2.23. The predicted octanol–water partition coefficient (Wildman–Crippen LogP) is 4.28. The van der Waals surface area contributed by atoms with E-state index >= 15 is 0 Å². The molecular weight excluding hydrogens is 347 g/mol. The Morgan fingerprint density at radius 1 is 1.33 bits per heavy atom. The zero-order chi connectivity index (χ0) is 17.3. The van der Waals surface area contributed by atoms with Crippen molar-refractivity contribution >= 4 is 23.2 Å². The first kappa shape index (κ1) is 16.7. The Labute approximate surface area is 150 Å². The smallest absolute Gasteiger partial charge is 0.244 e. The number of nitriles is 1. The molecule has 0 aliphatic carbocycles. The second kappa shape index (κ2) is 6.76. The molecule has 1 aliphatic heterocycles. The zero-order valence-electron chi connectivity index (χ0n) is 13.1. The van der Waals surface area contributed by atoms with Crippen molar-refractivity contribution in [1.82, 2.24) is 10.2 Å². The van der Waals surface area contributed by atoms with Gasteiger partial charge in [-0.25, -0.2) is 0 Å². The first-order chi connectivity index (χ1) is 11.6. The average molecular weight is 363 g/mol. The lowest BCUT2D eigenvalue weighted by molar-refractivity contribution is 0.378. The fraction of sp³-hybridized carbons (Fsp3) is 0.294. The molecule has 5 nitrogen and oxygen atoms in total. The number of ether oxygens (including phenoxy) is 1. The monoisotopic (exact) mass is 362 g/mol. The third-order valence-corrected chi connectivity index (χ3v) is 4.75. The number of benzene rings is 1. The summed E-state index contributed by atoms with van der Waals surface area (Å²) in [6.07, 6.45) is 2.81. The molecule has 1 atom stereocenters. The van der Waals surface area contributed by atoms with Crippen LogP contribution in [0.1, 0.15) is 42.5 Å². The number of nitrogens with one attached hydrogen (secondary N) is 1. The number of nitrogens with zero attached hydrogens (tertiary/aromatic N) is 2. The minimum absolute atomic E-state index is 0.0273. The van der Waals surface area contributed by atoms with Crippen molar-refractivity contribution in [3.8, 4) is 11.9 Å². The number of halogens is 2. The number of rotatable bonds is 4. The van der Waals surface area contributed by atoms with Gasteiger partial charge in [0.25, 0.3) is 0 Å². The molecule has 1 aliphatic rings. The number of hydrogen-bond acceptors (Lipinski definition) is 4. The summed E-state index contributed by atoms with van der Waals surface area (Å²) in [6, 6.07) is 7.40. The van der Waals surface area contributed by atoms with Gasteiger partial charge >= 0.3 is 0 Å². The van der Waals surface area contributed by atoms with Crippen LogP contribution < -0.4 is 10.5 Å². The summed E-state index contributed by atoms with van der Waals surface area (Å²) in [4.78, 5) is 0. The number of aromatic amines is 1. The molecule has 1 aromatic heterocycles. The third kappa shape index (κ3) is 2.72. The van der Waals surface area contributed by atoms with Crippen LogP contribution in [0.3, 0.4) is 0 Å². The van der Waals surface area contributed by atoms with E-state index in [9.17, 15) is 5.26 Å². The molecule has 0 saturated heterocycles. The molecule has 3 rings (SSSR count). The minimum atomic E-state index is -0.495. The Bertz CT molecular complexity index is 831. The van der Waals surface area contributed by atoms with Gasteiger partial charge in [0.15, 0.2) is 0 Å². The molecule has 0 saturated carbocycles. The van der Waals surface area contributed by atoms with Gasteiger partial charge in [-0.05, 0) is 25.0 Å². The van der Waals surface area contributed by atoms with E-state index in [1.54, 1.807) is 18.2 Å². The number of aromatic nitrogens is 2. The van der Waals surface area contributed by atoms with Crippen LogP contribution in [0, 0.1) is 11.3 Å². The number of aryl methyl sites for hydroxylation is 1. The van der Waals surface area contributed by atoms with E-state index in [1.165, 1.54) is 0 Å². The first-order valence-corrected chi connectivity index (χ1v) is 8.42. The molecular formula is C17H16Cl2N4O. The van der Waals surface area contributed by atoms with Crippen molar-refractivity contribution in [2.45, 2.75) is 32.1 Å². The normalized spacial score (nSPS) is 16.5. The lowest BCUT2D eigenvalue weighted by atomic mass is 9.83. The van der Waals surface area contributed by atoms with Crippen LogP contribution in [0.25, 0.3) is 0 Å². The standard InChI is InChI=1S/C17H16Cl2N4O/c1-2-3-7-12-15-13(14-10(18)5-4-6-11(14)19)9(8-20)16(21)24-17(15)23-22-12/h4-6,13H,2-3,7,21H2,1H3,(H,22,23). The maximum atomic E-state index is 9.62.